The van der Waals surface area contributed by atoms with Crippen LogP contribution in [0.15, 0.2) is 0 Å². The second-order valence-corrected chi connectivity index (χ2v) is 6.79. The maximum atomic E-state index is 6.02. The average Bonchev–Trinajstić information content (AvgIpc) is 2.25. The number of ether oxygens (including phenoxy) is 1. The van der Waals surface area contributed by atoms with Gasteiger partial charge in [0.15, 0.2) is 0 Å². The lowest BCUT2D eigenvalue weighted by Gasteiger charge is -2.32. The first-order chi connectivity index (χ1) is 8.27. The van der Waals surface area contributed by atoms with Gasteiger partial charge in [-0.25, -0.2) is 0 Å². The third-order valence-corrected chi connectivity index (χ3v) is 3.34. The van der Waals surface area contributed by atoms with Crippen LogP contribution in [-0.4, -0.2) is 50.4 Å². The van der Waals surface area contributed by atoms with Crippen molar-refractivity contribution in [2.24, 2.45) is 5.73 Å². The molecule has 0 aromatic rings. The molecule has 0 aliphatic carbocycles. The van der Waals surface area contributed by atoms with E-state index in [4.69, 9.17) is 10.5 Å². The highest BCUT2D eigenvalue weighted by atomic mass is 16.5. The van der Waals surface area contributed by atoms with E-state index in [1.165, 1.54) is 25.7 Å². The molecule has 0 heterocycles. The SMILES string of the molecule is CCCCCCOCC[N+](C)(C)CCC(C)(C)N. The smallest absolute Gasteiger partial charge is 0.102 e. The molecular formula is C15H35N2O+. The third kappa shape index (κ3) is 12.3. The molecule has 0 aromatic heterocycles. The summed E-state index contributed by atoms with van der Waals surface area (Å²) in [4.78, 5) is 0. The number of rotatable bonds is 11. The van der Waals surface area contributed by atoms with Crippen molar-refractivity contribution >= 4 is 0 Å². The first-order valence-corrected chi connectivity index (χ1v) is 7.45. The molecule has 0 spiro atoms. The second-order valence-electron chi connectivity index (χ2n) is 6.79. The lowest BCUT2D eigenvalue weighted by Crippen LogP contribution is -2.47. The second kappa shape index (κ2) is 8.89. The van der Waals surface area contributed by atoms with E-state index in [2.05, 4.69) is 34.9 Å². The normalized spacial score (nSPS) is 13.0. The van der Waals surface area contributed by atoms with Gasteiger partial charge in [-0.1, -0.05) is 26.2 Å². The van der Waals surface area contributed by atoms with E-state index in [0.717, 1.165) is 37.2 Å². The molecule has 0 bridgehead atoms. The van der Waals surface area contributed by atoms with Crippen molar-refractivity contribution in [1.29, 1.82) is 0 Å². The molecule has 0 saturated heterocycles. The topological polar surface area (TPSA) is 35.2 Å². The monoisotopic (exact) mass is 259 g/mol. The molecule has 0 aliphatic heterocycles. The van der Waals surface area contributed by atoms with Gasteiger partial charge in [0.25, 0.3) is 0 Å². The summed E-state index contributed by atoms with van der Waals surface area (Å²) >= 11 is 0. The Balaban J connectivity index is 3.52. The van der Waals surface area contributed by atoms with E-state index in [9.17, 15) is 0 Å². The molecule has 3 heteroatoms. The van der Waals surface area contributed by atoms with Crippen LogP contribution in [0.25, 0.3) is 0 Å². The number of quaternary nitrogens is 1. The average molecular weight is 259 g/mol. The van der Waals surface area contributed by atoms with Gasteiger partial charge >= 0.3 is 0 Å². The molecular weight excluding hydrogens is 224 g/mol. The van der Waals surface area contributed by atoms with E-state index in [1.54, 1.807) is 0 Å². The maximum Gasteiger partial charge on any atom is 0.102 e. The Labute approximate surface area is 114 Å². The van der Waals surface area contributed by atoms with E-state index in [0.29, 0.717) is 0 Å². The molecule has 0 saturated carbocycles. The van der Waals surface area contributed by atoms with Gasteiger partial charge in [-0.15, -0.1) is 0 Å². The molecule has 2 N–H and O–H groups in total. The maximum absolute atomic E-state index is 6.02. The Morgan fingerprint density at radius 1 is 1.00 bits per heavy atom. The largest absolute Gasteiger partial charge is 0.376 e. The Kier molecular flexibility index (Phi) is 8.83. The van der Waals surface area contributed by atoms with Gasteiger partial charge in [-0.3, -0.25) is 0 Å². The summed E-state index contributed by atoms with van der Waals surface area (Å²) < 4.78 is 6.70. The predicted octanol–water partition coefficient (Wildman–Crippen LogP) is 2.79. The minimum Gasteiger partial charge on any atom is -0.376 e. The molecule has 0 amide bonds. The molecule has 0 radical (unpaired) electrons. The van der Waals surface area contributed by atoms with Gasteiger partial charge in [-0.05, 0) is 20.3 Å². The molecule has 18 heavy (non-hydrogen) atoms. The number of likely N-dealkylation sites (N-methyl/N-ethyl adjacent to an activating group) is 1. The summed E-state index contributed by atoms with van der Waals surface area (Å²) in [6.07, 6.45) is 6.18. The minimum absolute atomic E-state index is 0.0590. The highest BCUT2D eigenvalue weighted by Crippen LogP contribution is 2.08. The summed E-state index contributed by atoms with van der Waals surface area (Å²) in [6, 6.07) is 0. The molecule has 0 unspecified atom stereocenters. The van der Waals surface area contributed by atoms with E-state index >= 15 is 0 Å². The van der Waals surface area contributed by atoms with Crippen LogP contribution in [-0.2, 0) is 4.74 Å². The lowest BCUT2D eigenvalue weighted by molar-refractivity contribution is -0.891. The third-order valence-electron chi connectivity index (χ3n) is 3.34. The fraction of sp³-hybridized carbons (Fsp3) is 1.00. The van der Waals surface area contributed by atoms with Gasteiger partial charge in [0.2, 0.25) is 0 Å². The molecule has 0 fully saturated rings. The van der Waals surface area contributed by atoms with Gasteiger partial charge in [0.1, 0.15) is 6.54 Å². The molecule has 0 aliphatic rings. The Hall–Kier alpha value is -0.120. The lowest BCUT2D eigenvalue weighted by atomic mass is 10.0. The van der Waals surface area contributed by atoms with Crippen molar-refractivity contribution in [1.82, 2.24) is 0 Å². The summed E-state index contributed by atoms with van der Waals surface area (Å²) in [6.45, 7) is 10.4. The van der Waals surface area contributed by atoms with Crippen molar-refractivity contribution in [2.45, 2.75) is 58.4 Å². The Bertz CT molecular complexity index is 197. The molecule has 0 aromatic carbocycles. The van der Waals surface area contributed by atoms with Crippen LogP contribution >= 0.6 is 0 Å². The molecule has 0 atom stereocenters. The zero-order valence-corrected chi connectivity index (χ0v) is 13.3. The molecule has 110 valence electrons. The Morgan fingerprint density at radius 3 is 2.22 bits per heavy atom. The summed E-state index contributed by atoms with van der Waals surface area (Å²) in [5.41, 5.74) is 5.97. The van der Waals surface area contributed by atoms with Crippen molar-refractivity contribution in [3.05, 3.63) is 0 Å². The van der Waals surface area contributed by atoms with E-state index in [1.807, 2.05) is 0 Å². The summed E-state index contributed by atoms with van der Waals surface area (Å²) in [5.74, 6) is 0. The van der Waals surface area contributed by atoms with Crippen LogP contribution in [0, 0.1) is 0 Å². The van der Waals surface area contributed by atoms with Crippen LogP contribution < -0.4 is 5.73 Å². The van der Waals surface area contributed by atoms with Gasteiger partial charge in [0, 0.05) is 18.6 Å². The highest BCUT2D eigenvalue weighted by Gasteiger charge is 2.19. The first-order valence-electron chi connectivity index (χ1n) is 7.45. The van der Waals surface area contributed by atoms with Crippen LogP contribution in [0.3, 0.4) is 0 Å². The first kappa shape index (κ1) is 17.9. The number of unbranched alkanes of at least 4 members (excludes halogenated alkanes) is 3. The fourth-order valence-corrected chi connectivity index (χ4v) is 1.75. The van der Waals surface area contributed by atoms with Crippen LogP contribution in [0.5, 0.6) is 0 Å². The number of hydrogen-bond acceptors (Lipinski definition) is 2. The van der Waals surface area contributed by atoms with Crippen molar-refractivity contribution in [3.8, 4) is 0 Å². The summed E-state index contributed by atoms with van der Waals surface area (Å²) in [5, 5.41) is 0. The zero-order valence-electron chi connectivity index (χ0n) is 13.3. The quantitative estimate of drug-likeness (QED) is 0.457. The fourth-order valence-electron chi connectivity index (χ4n) is 1.75. The number of hydrogen-bond donors (Lipinski definition) is 1. The van der Waals surface area contributed by atoms with Crippen LogP contribution in [0.4, 0.5) is 0 Å². The zero-order chi connectivity index (χ0) is 14.1. The van der Waals surface area contributed by atoms with Crippen molar-refractivity contribution < 1.29 is 9.22 Å². The van der Waals surface area contributed by atoms with Crippen LogP contribution in [0.2, 0.25) is 0 Å². The highest BCUT2D eigenvalue weighted by molar-refractivity contribution is 4.70. The van der Waals surface area contributed by atoms with Crippen LogP contribution in [0.1, 0.15) is 52.9 Å². The standard InChI is InChI=1S/C15H35N2O/c1-6-7-8-9-13-18-14-12-17(4,5)11-10-15(2,3)16/h6-14,16H2,1-5H3/q+1. The molecule has 0 rings (SSSR count). The number of nitrogens with two attached hydrogens (primary N) is 1. The van der Waals surface area contributed by atoms with E-state index in [-0.39, 0.29) is 5.54 Å². The van der Waals surface area contributed by atoms with Gasteiger partial charge in [0.05, 0.1) is 27.2 Å². The van der Waals surface area contributed by atoms with Crippen molar-refractivity contribution in [3.63, 3.8) is 0 Å². The molecule has 3 nitrogen and oxygen atoms in total. The Morgan fingerprint density at radius 2 is 1.67 bits per heavy atom. The van der Waals surface area contributed by atoms with Gasteiger partial charge in [-0.2, -0.15) is 0 Å². The number of nitrogens with zero attached hydrogens (tertiary/aromatic N) is 1. The summed E-state index contributed by atoms with van der Waals surface area (Å²) in [7, 11) is 4.51. The van der Waals surface area contributed by atoms with Gasteiger partial charge < -0.3 is 15.0 Å². The minimum atomic E-state index is -0.0590. The van der Waals surface area contributed by atoms with Crippen molar-refractivity contribution in [2.75, 3.05) is 40.4 Å². The predicted molar refractivity (Wildman–Crippen MR) is 79.7 cm³/mol. The van der Waals surface area contributed by atoms with E-state index < -0.39 is 0 Å².